The number of hydrogen-bond acceptors (Lipinski definition) is 2. The molecule has 0 N–H and O–H groups in total. The van der Waals surface area contributed by atoms with Gasteiger partial charge < -0.3 is 9.47 Å². The van der Waals surface area contributed by atoms with Crippen molar-refractivity contribution in [3.63, 3.8) is 0 Å². The van der Waals surface area contributed by atoms with Crippen LogP contribution in [-0.2, 0) is 10.2 Å². The Kier molecular flexibility index (Phi) is 4.11. The Morgan fingerprint density at radius 3 is 2.26 bits per heavy atom. The normalized spacial score (nSPS) is 19.2. The average Bonchev–Trinajstić information content (AvgIpc) is 2.47. The molecular formula is C17H22O2. The van der Waals surface area contributed by atoms with Gasteiger partial charge in [-0.3, -0.25) is 0 Å². The molecule has 0 aromatic heterocycles. The van der Waals surface area contributed by atoms with E-state index in [1.54, 1.807) is 14.2 Å². The van der Waals surface area contributed by atoms with Crippen molar-refractivity contribution in [2.45, 2.75) is 31.8 Å². The molecule has 0 saturated heterocycles. The summed E-state index contributed by atoms with van der Waals surface area (Å²) in [5, 5.41) is 0. The van der Waals surface area contributed by atoms with Crippen LogP contribution in [0.15, 0.2) is 48.1 Å². The molecule has 0 radical (unpaired) electrons. The number of allylic oxidation sites excluding steroid dienone is 2. The first-order valence-electron chi connectivity index (χ1n) is 6.64. The largest absolute Gasteiger partial charge is 0.497 e. The quantitative estimate of drug-likeness (QED) is 0.816. The van der Waals surface area contributed by atoms with E-state index in [9.17, 15) is 0 Å². The molecule has 1 aromatic rings. The molecule has 0 heterocycles. The molecule has 0 amide bonds. The second kappa shape index (κ2) is 5.62. The van der Waals surface area contributed by atoms with Crippen LogP contribution in [0.2, 0.25) is 0 Å². The predicted octanol–water partition coefficient (Wildman–Crippen LogP) is 3.87. The summed E-state index contributed by atoms with van der Waals surface area (Å²) in [6.45, 7) is 4.50. The Bertz CT molecular complexity index is 480. The molecule has 1 aliphatic rings. The summed E-state index contributed by atoms with van der Waals surface area (Å²) in [7, 11) is 3.44. The summed E-state index contributed by atoms with van der Waals surface area (Å²) in [4.78, 5) is 0. The minimum absolute atomic E-state index is 0.00147. The fourth-order valence-corrected chi connectivity index (χ4v) is 2.41. The number of hydrogen-bond donors (Lipinski definition) is 0. The maximum atomic E-state index is 5.34. The summed E-state index contributed by atoms with van der Waals surface area (Å²) in [5.41, 5.74) is 2.63. The third kappa shape index (κ3) is 2.90. The summed E-state index contributed by atoms with van der Waals surface area (Å²) in [6.07, 6.45) is 7.76. The van der Waals surface area contributed by atoms with Gasteiger partial charge in [0.1, 0.15) is 5.75 Å². The van der Waals surface area contributed by atoms with Gasteiger partial charge in [-0.05, 0) is 29.7 Å². The molecule has 102 valence electrons. The Hall–Kier alpha value is -1.54. The van der Waals surface area contributed by atoms with E-state index in [0.717, 1.165) is 12.2 Å². The van der Waals surface area contributed by atoms with Crippen molar-refractivity contribution in [2.24, 2.45) is 0 Å². The number of ether oxygens (including phenoxy) is 2. The van der Waals surface area contributed by atoms with Crippen molar-refractivity contribution in [1.29, 1.82) is 0 Å². The molecule has 1 atom stereocenters. The van der Waals surface area contributed by atoms with Crippen LogP contribution < -0.4 is 4.74 Å². The second-order valence-corrected chi connectivity index (χ2v) is 5.38. The molecule has 2 nitrogen and oxygen atoms in total. The van der Waals surface area contributed by atoms with Crippen LogP contribution in [0.4, 0.5) is 0 Å². The number of methoxy groups -OCH3 is 2. The van der Waals surface area contributed by atoms with Crippen molar-refractivity contribution in [3.05, 3.63) is 53.6 Å². The summed E-state index contributed by atoms with van der Waals surface area (Å²) in [6, 6.07) is 8.30. The van der Waals surface area contributed by atoms with E-state index in [1.807, 2.05) is 12.1 Å². The lowest BCUT2D eigenvalue weighted by molar-refractivity contribution is 0.142. The van der Waals surface area contributed by atoms with Gasteiger partial charge in [-0.1, -0.05) is 44.2 Å². The van der Waals surface area contributed by atoms with Gasteiger partial charge in [0.15, 0.2) is 0 Å². The first-order chi connectivity index (χ1) is 9.07. The van der Waals surface area contributed by atoms with E-state index >= 15 is 0 Å². The molecule has 0 aliphatic heterocycles. The highest BCUT2D eigenvalue weighted by molar-refractivity contribution is 5.43. The SMILES string of the molecule is COc1ccc(C(C)(C)C2=CCC(OC)C=C2)cc1. The highest BCUT2D eigenvalue weighted by Crippen LogP contribution is 2.35. The standard InChI is InChI=1S/C17H22O2/c1-17(2,13-5-9-15(18-3)10-6-13)14-7-11-16(19-4)12-8-14/h5-11,16H,12H2,1-4H3. The van der Waals surface area contributed by atoms with E-state index in [1.165, 1.54) is 11.1 Å². The Morgan fingerprint density at radius 2 is 1.79 bits per heavy atom. The molecule has 1 aliphatic carbocycles. The minimum atomic E-state index is 0.00147. The molecular weight excluding hydrogens is 236 g/mol. The third-order valence-electron chi connectivity index (χ3n) is 3.90. The lowest BCUT2D eigenvalue weighted by atomic mass is 9.75. The molecule has 1 aromatic carbocycles. The van der Waals surface area contributed by atoms with Crippen LogP contribution in [0.5, 0.6) is 5.75 Å². The van der Waals surface area contributed by atoms with Gasteiger partial charge in [0.2, 0.25) is 0 Å². The van der Waals surface area contributed by atoms with Gasteiger partial charge in [0, 0.05) is 12.5 Å². The van der Waals surface area contributed by atoms with Crippen LogP contribution in [0, 0.1) is 0 Å². The lowest BCUT2D eigenvalue weighted by Crippen LogP contribution is -2.22. The number of rotatable bonds is 4. The molecule has 2 rings (SSSR count). The topological polar surface area (TPSA) is 18.5 Å². The molecule has 19 heavy (non-hydrogen) atoms. The molecule has 2 heteroatoms. The van der Waals surface area contributed by atoms with E-state index < -0.39 is 0 Å². The summed E-state index contributed by atoms with van der Waals surface area (Å²) < 4.78 is 10.6. The third-order valence-corrected chi connectivity index (χ3v) is 3.90. The number of benzene rings is 1. The van der Waals surface area contributed by atoms with Crippen LogP contribution in [0.1, 0.15) is 25.8 Å². The van der Waals surface area contributed by atoms with Gasteiger partial charge >= 0.3 is 0 Å². The van der Waals surface area contributed by atoms with Crippen LogP contribution in [-0.4, -0.2) is 20.3 Å². The first-order valence-corrected chi connectivity index (χ1v) is 6.64. The molecule has 0 bridgehead atoms. The second-order valence-electron chi connectivity index (χ2n) is 5.38. The van der Waals surface area contributed by atoms with Crippen molar-refractivity contribution >= 4 is 0 Å². The molecule has 0 fully saturated rings. The van der Waals surface area contributed by atoms with Gasteiger partial charge in [0.05, 0.1) is 13.2 Å². The van der Waals surface area contributed by atoms with Gasteiger partial charge in [-0.15, -0.1) is 0 Å². The van der Waals surface area contributed by atoms with Crippen molar-refractivity contribution < 1.29 is 9.47 Å². The fraction of sp³-hybridized carbons (Fsp3) is 0.412. The molecule has 0 spiro atoms. The zero-order valence-corrected chi connectivity index (χ0v) is 12.1. The Balaban J connectivity index is 2.22. The lowest BCUT2D eigenvalue weighted by Gasteiger charge is -2.30. The van der Waals surface area contributed by atoms with E-state index in [0.29, 0.717) is 0 Å². The highest BCUT2D eigenvalue weighted by atomic mass is 16.5. The maximum Gasteiger partial charge on any atom is 0.118 e. The van der Waals surface area contributed by atoms with Gasteiger partial charge in [-0.2, -0.15) is 0 Å². The zero-order valence-electron chi connectivity index (χ0n) is 12.1. The van der Waals surface area contributed by atoms with Crippen LogP contribution in [0.25, 0.3) is 0 Å². The fourth-order valence-electron chi connectivity index (χ4n) is 2.41. The van der Waals surface area contributed by atoms with E-state index in [2.05, 4.69) is 44.2 Å². The van der Waals surface area contributed by atoms with Crippen LogP contribution in [0.3, 0.4) is 0 Å². The smallest absolute Gasteiger partial charge is 0.118 e. The Labute approximate surface area is 115 Å². The van der Waals surface area contributed by atoms with Crippen LogP contribution >= 0.6 is 0 Å². The summed E-state index contributed by atoms with van der Waals surface area (Å²) in [5.74, 6) is 0.896. The average molecular weight is 258 g/mol. The zero-order chi connectivity index (χ0) is 13.9. The first kappa shape index (κ1) is 13.9. The molecule has 0 saturated carbocycles. The minimum Gasteiger partial charge on any atom is -0.497 e. The summed E-state index contributed by atoms with van der Waals surface area (Å²) >= 11 is 0. The highest BCUT2D eigenvalue weighted by Gasteiger charge is 2.25. The molecule has 1 unspecified atom stereocenters. The monoisotopic (exact) mass is 258 g/mol. The maximum absolute atomic E-state index is 5.34. The van der Waals surface area contributed by atoms with E-state index in [4.69, 9.17) is 9.47 Å². The van der Waals surface area contributed by atoms with E-state index in [-0.39, 0.29) is 11.5 Å². The van der Waals surface area contributed by atoms with Crippen molar-refractivity contribution in [1.82, 2.24) is 0 Å². The van der Waals surface area contributed by atoms with Crippen molar-refractivity contribution in [3.8, 4) is 5.75 Å². The van der Waals surface area contributed by atoms with Gasteiger partial charge in [-0.25, -0.2) is 0 Å². The predicted molar refractivity (Wildman–Crippen MR) is 78.7 cm³/mol. The van der Waals surface area contributed by atoms with Gasteiger partial charge in [0.25, 0.3) is 0 Å². The Morgan fingerprint density at radius 1 is 1.11 bits per heavy atom. The van der Waals surface area contributed by atoms with Crippen molar-refractivity contribution in [2.75, 3.05) is 14.2 Å².